The van der Waals surface area contributed by atoms with Gasteiger partial charge in [0.25, 0.3) is 0 Å². The van der Waals surface area contributed by atoms with Crippen molar-refractivity contribution in [3.63, 3.8) is 0 Å². The summed E-state index contributed by atoms with van der Waals surface area (Å²) >= 11 is 0. The van der Waals surface area contributed by atoms with Crippen LogP contribution in [0.15, 0.2) is 88.7 Å². The molecule has 1 heterocycles. The first-order valence-corrected chi connectivity index (χ1v) is 9.22. The van der Waals surface area contributed by atoms with Gasteiger partial charge in [0.1, 0.15) is 5.82 Å². The van der Waals surface area contributed by atoms with Crippen molar-refractivity contribution >= 4 is 20.7 Å². The van der Waals surface area contributed by atoms with Gasteiger partial charge in [-0.25, -0.2) is 12.8 Å². The Morgan fingerprint density at radius 2 is 1.48 bits per heavy atom. The van der Waals surface area contributed by atoms with Crippen molar-refractivity contribution in [1.29, 1.82) is 0 Å². The van der Waals surface area contributed by atoms with E-state index in [0.717, 1.165) is 10.9 Å². The van der Waals surface area contributed by atoms with Gasteiger partial charge in [0.2, 0.25) is 9.84 Å². The molecule has 0 atom stereocenters. The maximum atomic E-state index is 14.0. The Balaban J connectivity index is 1.83. The van der Waals surface area contributed by atoms with Crippen LogP contribution >= 0.6 is 0 Å². The number of fused-ring (bicyclic) bond motifs is 1. The average Bonchev–Trinajstić information content (AvgIpc) is 3.06. The van der Waals surface area contributed by atoms with Gasteiger partial charge in [-0.1, -0.05) is 30.3 Å². The molecule has 3 aromatic carbocycles. The fourth-order valence-corrected chi connectivity index (χ4v) is 4.16. The molecule has 0 saturated carbocycles. The third-order valence-corrected chi connectivity index (χ3v) is 5.89. The van der Waals surface area contributed by atoms with Gasteiger partial charge in [-0.2, -0.15) is 0 Å². The molecule has 124 valence electrons. The lowest BCUT2D eigenvalue weighted by molar-refractivity contribution is 0.596. The van der Waals surface area contributed by atoms with Crippen LogP contribution in [0.1, 0.15) is 0 Å². The van der Waals surface area contributed by atoms with Crippen LogP contribution in [0.3, 0.4) is 0 Å². The molecule has 3 nitrogen and oxygen atoms in total. The number of hydrogen-bond acceptors (Lipinski definition) is 2. The molecule has 4 aromatic rings. The molecule has 1 N–H and O–H groups in total. The Morgan fingerprint density at radius 1 is 0.760 bits per heavy atom. The van der Waals surface area contributed by atoms with Gasteiger partial charge in [0, 0.05) is 22.2 Å². The lowest BCUT2D eigenvalue weighted by atomic mass is 10.1. The van der Waals surface area contributed by atoms with Gasteiger partial charge in [-0.05, 0) is 48.5 Å². The number of aromatic amines is 1. The summed E-state index contributed by atoms with van der Waals surface area (Å²) < 4.78 is 39.5. The fraction of sp³-hybridized carbons (Fsp3) is 0. The molecule has 0 unspecified atom stereocenters. The highest BCUT2D eigenvalue weighted by Crippen LogP contribution is 2.29. The molecule has 0 radical (unpaired) electrons. The number of hydrogen-bond donors (Lipinski definition) is 1. The van der Waals surface area contributed by atoms with Gasteiger partial charge in [0.15, 0.2) is 0 Å². The van der Waals surface area contributed by atoms with E-state index < -0.39 is 9.84 Å². The molecule has 0 aliphatic heterocycles. The van der Waals surface area contributed by atoms with Crippen molar-refractivity contribution in [3.8, 4) is 11.3 Å². The molecule has 0 fully saturated rings. The van der Waals surface area contributed by atoms with Crippen LogP contribution in [0.2, 0.25) is 0 Å². The van der Waals surface area contributed by atoms with Gasteiger partial charge in [-0.15, -0.1) is 0 Å². The number of halogens is 1. The summed E-state index contributed by atoms with van der Waals surface area (Å²) in [7, 11) is -3.58. The summed E-state index contributed by atoms with van der Waals surface area (Å²) in [5.74, 6) is -0.328. The zero-order valence-electron chi connectivity index (χ0n) is 13.1. The Bertz CT molecular complexity index is 1160. The first kappa shape index (κ1) is 15.6. The van der Waals surface area contributed by atoms with Crippen molar-refractivity contribution in [2.75, 3.05) is 0 Å². The molecule has 1 aromatic heterocycles. The summed E-state index contributed by atoms with van der Waals surface area (Å²) in [4.78, 5) is 3.60. The molecule has 0 amide bonds. The first-order chi connectivity index (χ1) is 12.1. The van der Waals surface area contributed by atoms with Crippen LogP contribution in [0.5, 0.6) is 0 Å². The van der Waals surface area contributed by atoms with Gasteiger partial charge in [-0.3, -0.25) is 0 Å². The molecule has 0 bridgehead atoms. The van der Waals surface area contributed by atoms with Crippen molar-refractivity contribution in [1.82, 2.24) is 4.98 Å². The zero-order valence-corrected chi connectivity index (χ0v) is 13.9. The molecule has 4 rings (SSSR count). The molecular formula is C20H14FNO2S. The van der Waals surface area contributed by atoms with Crippen LogP contribution in [0.25, 0.3) is 22.2 Å². The molecule has 5 heteroatoms. The fourth-order valence-electron chi connectivity index (χ4n) is 2.84. The molecule has 0 aliphatic rings. The number of H-pyrrole nitrogens is 1. The van der Waals surface area contributed by atoms with E-state index in [4.69, 9.17) is 0 Å². The molecule has 25 heavy (non-hydrogen) atoms. The quantitative estimate of drug-likeness (QED) is 0.576. The number of aromatic nitrogens is 1. The predicted molar refractivity (Wildman–Crippen MR) is 95.6 cm³/mol. The molecule has 0 aliphatic carbocycles. The number of sulfone groups is 1. The number of rotatable bonds is 3. The van der Waals surface area contributed by atoms with E-state index in [1.165, 1.54) is 6.07 Å². The monoisotopic (exact) mass is 351 g/mol. The molecule has 0 spiro atoms. The zero-order chi connectivity index (χ0) is 17.4. The smallest absolute Gasteiger partial charge is 0.206 e. The topological polar surface area (TPSA) is 49.9 Å². The first-order valence-electron chi connectivity index (χ1n) is 7.73. The van der Waals surface area contributed by atoms with E-state index >= 15 is 0 Å². The summed E-state index contributed by atoms with van der Waals surface area (Å²) in [5.41, 5.74) is 1.82. The minimum absolute atomic E-state index is 0.213. The third kappa shape index (κ3) is 2.72. The van der Waals surface area contributed by atoms with Crippen molar-refractivity contribution in [2.24, 2.45) is 0 Å². The Labute approximate surface area is 144 Å². The molecular weight excluding hydrogens is 337 g/mol. The second kappa shape index (κ2) is 5.86. The van der Waals surface area contributed by atoms with E-state index in [1.54, 1.807) is 72.8 Å². The SMILES string of the molecule is O=S(=O)(c1ccccc1)c1ccc2[nH]c(-c3ccccc3F)cc2c1. The van der Waals surface area contributed by atoms with Crippen molar-refractivity contribution in [2.45, 2.75) is 9.79 Å². The van der Waals surface area contributed by atoms with Crippen LogP contribution in [-0.4, -0.2) is 13.4 Å². The van der Waals surface area contributed by atoms with E-state index in [1.807, 2.05) is 0 Å². The summed E-state index contributed by atoms with van der Waals surface area (Å²) in [6, 6.07) is 21.4. The van der Waals surface area contributed by atoms with E-state index in [0.29, 0.717) is 11.3 Å². The largest absolute Gasteiger partial charge is 0.354 e. The van der Waals surface area contributed by atoms with Crippen LogP contribution < -0.4 is 0 Å². The van der Waals surface area contributed by atoms with E-state index in [2.05, 4.69) is 4.98 Å². The number of benzene rings is 3. The summed E-state index contributed by atoms with van der Waals surface area (Å²) in [6.45, 7) is 0. The van der Waals surface area contributed by atoms with Gasteiger partial charge < -0.3 is 4.98 Å². The summed E-state index contributed by atoms with van der Waals surface area (Å²) in [5, 5.41) is 0.718. The molecule has 0 saturated heterocycles. The Hall–Kier alpha value is -2.92. The number of nitrogens with one attached hydrogen (secondary N) is 1. The van der Waals surface area contributed by atoms with Crippen LogP contribution in [0.4, 0.5) is 4.39 Å². The Kier molecular flexibility index (Phi) is 3.66. The van der Waals surface area contributed by atoms with E-state index in [9.17, 15) is 12.8 Å². The van der Waals surface area contributed by atoms with Gasteiger partial charge >= 0.3 is 0 Å². The van der Waals surface area contributed by atoms with Crippen molar-refractivity contribution < 1.29 is 12.8 Å². The minimum Gasteiger partial charge on any atom is -0.354 e. The highest BCUT2D eigenvalue weighted by atomic mass is 32.2. The summed E-state index contributed by atoms with van der Waals surface area (Å²) in [6.07, 6.45) is 0. The Morgan fingerprint density at radius 3 is 2.24 bits per heavy atom. The lowest BCUT2D eigenvalue weighted by Gasteiger charge is -2.04. The average molecular weight is 351 g/mol. The van der Waals surface area contributed by atoms with Crippen LogP contribution in [-0.2, 0) is 9.84 Å². The third-order valence-electron chi connectivity index (χ3n) is 4.12. The highest BCUT2D eigenvalue weighted by Gasteiger charge is 2.18. The lowest BCUT2D eigenvalue weighted by Crippen LogP contribution is -2.01. The predicted octanol–water partition coefficient (Wildman–Crippen LogP) is 4.81. The second-order valence-electron chi connectivity index (χ2n) is 5.73. The van der Waals surface area contributed by atoms with Crippen molar-refractivity contribution in [3.05, 3.63) is 84.7 Å². The maximum absolute atomic E-state index is 14.0. The highest BCUT2D eigenvalue weighted by molar-refractivity contribution is 7.91. The minimum atomic E-state index is -3.58. The van der Waals surface area contributed by atoms with Crippen LogP contribution in [0, 0.1) is 5.82 Å². The second-order valence-corrected chi connectivity index (χ2v) is 7.68. The van der Waals surface area contributed by atoms with Gasteiger partial charge in [0.05, 0.1) is 9.79 Å². The van der Waals surface area contributed by atoms with E-state index in [-0.39, 0.29) is 15.6 Å². The maximum Gasteiger partial charge on any atom is 0.206 e. The normalized spacial score (nSPS) is 11.7. The standard InChI is InChI=1S/C20H14FNO2S/c21-18-9-5-4-8-17(18)20-13-14-12-16(10-11-19(14)22-20)25(23,24)15-6-2-1-3-7-15/h1-13,22H.